The number of aliphatic carboxylic acids is 2. The van der Waals surface area contributed by atoms with Gasteiger partial charge in [-0.2, -0.15) is 0 Å². The lowest BCUT2D eigenvalue weighted by molar-refractivity contribution is -0.134. The van der Waals surface area contributed by atoms with E-state index in [4.69, 9.17) is 0 Å². The Morgan fingerprint density at radius 1 is 0.786 bits per heavy atom. The molecule has 2 N–H and O–H groups in total. The molecule has 140 valence electrons. The lowest BCUT2D eigenvalue weighted by Crippen LogP contribution is -2.14. The highest BCUT2D eigenvalue weighted by atomic mass is 16.4. The highest BCUT2D eigenvalue weighted by Crippen LogP contribution is 2.29. The van der Waals surface area contributed by atoms with Gasteiger partial charge >= 0.3 is 11.9 Å². The number of benzene rings is 3. The number of ketones is 1. The smallest absolute Gasteiger partial charge is 0.336 e. The molecule has 0 heterocycles. The third-order valence-corrected chi connectivity index (χ3v) is 4.54. The molecule has 0 unspecified atom stereocenters. The number of carboxylic acids is 2. The van der Waals surface area contributed by atoms with Gasteiger partial charge in [-0.3, -0.25) is 4.79 Å². The van der Waals surface area contributed by atoms with Crippen molar-refractivity contribution in [2.75, 3.05) is 0 Å². The maximum Gasteiger partial charge on any atom is 0.336 e. The summed E-state index contributed by atoms with van der Waals surface area (Å²) in [4.78, 5) is 36.5. The van der Waals surface area contributed by atoms with Crippen LogP contribution in [0.4, 0.5) is 0 Å². The Kier molecular flexibility index (Phi) is 5.36. The van der Waals surface area contributed by atoms with Crippen molar-refractivity contribution >= 4 is 34.1 Å². The number of carboxylic acid groups (broad SMARTS) is 2. The van der Waals surface area contributed by atoms with Crippen molar-refractivity contribution in [2.45, 2.75) is 13.3 Å². The van der Waals surface area contributed by atoms with Gasteiger partial charge in [0.05, 0.1) is 11.1 Å². The molecule has 0 saturated heterocycles. The highest BCUT2D eigenvalue weighted by Gasteiger charge is 2.25. The molecule has 5 nitrogen and oxygen atoms in total. The Labute approximate surface area is 161 Å². The van der Waals surface area contributed by atoms with E-state index in [0.717, 1.165) is 10.9 Å². The number of Topliss-reactive ketones (excluding diaryl/α,β-unsaturated/α-hetero) is 1. The zero-order valence-electron chi connectivity index (χ0n) is 15.2. The van der Waals surface area contributed by atoms with Crippen molar-refractivity contribution in [1.82, 2.24) is 0 Å². The molecule has 0 aromatic heterocycles. The molecule has 3 aromatic carbocycles. The molecule has 3 aromatic rings. The van der Waals surface area contributed by atoms with E-state index < -0.39 is 29.7 Å². The van der Waals surface area contributed by atoms with Gasteiger partial charge in [0.15, 0.2) is 5.78 Å². The monoisotopic (exact) mass is 374 g/mol. The highest BCUT2D eigenvalue weighted by molar-refractivity contribution is 6.26. The van der Waals surface area contributed by atoms with E-state index in [1.54, 1.807) is 48.5 Å². The van der Waals surface area contributed by atoms with E-state index in [1.165, 1.54) is 0 Å². The van der Waals surface area contributed by atoms with Crippen LogP contribution in [0.3, 0.4) is 0 Å². The number of fused-ring (bicyclic) bond motifs is 1. The number of hydrogen-bond acceptors (Lipinski definition) is 3. The summed E-state index contributed by atoms with van der Waals surface area (Å²) in [5.41, 5.74) is 0.776. The molecule has 0 radical (unpaired) electrons. The van der Waals surface area contributed by atoms with Gasteiger partial charge in [-0.1, -0.05) is 72.3 Å². The van der Waals surface area contributed by atoms with Crippen LogP contribution in [0.5, 0.6) is 0 Å². The summed E-state index contributed by atoms with van der Waals surface area (Å²) < 4.78 is 0. The average Bonchev–Trinajstić information content (AvgIpc) is 2.67. The van der Waals surface area contributed by atoms with Crippen molar-refractivity contribution < 1.29 is 24.6 Å². The van der Waals surface area contributed by atoms with Gasteiger partial charge in [0.25, 0.3) is 0 Å². The molecule has 0 saturated carbocycles. The van der Waals surface area contributed by atoms with Crippen LogP contribution in [0.2, 0.25) is 0 Å². The molecule has 0 aliphatic heterocycles. The van der Waals surface area contributed by atoms with Crippen LogP contribution in [0, 0.1) is 6.92 Å². The van der Waals surface area contributed by atoms with Crippen molar-refractivity contribution in [3.05, 3.63) is 89.0 Å². The summed E-state index contributed by atoms with van der Waals surface area (Å²) in [5.74, 6) is -3.26. The number of carbonyl (C=O) groups is 3. The molecule has 0 amide bonds. The van der Waals surface area contributed by atoms with E-state index in [2.05, 4.69) is 0 Å². The SMILES string of the molecule is Cc1ccc(C(=O)C/C(C(=O)O)=C(\C(=O)O)c2cccc3ccccc23)cc1. The quantitative estimate of drug-likeness (QED) is 0.494. The molecule has 0 bridgehead atoms. The first kappa shape index (κ1) is 19.0. The summed E-state index contributed by atoms with van der Waals surface area (Å²) in [6.07, 6.45) is -0.511. The standard InChI is InChI=1S/C23H18O5/c1-14-9-11-16(12-10-14)20(24)13-19(22(25)26)21(23(27)28)18-8-4-6-15-5-2-3-7-17(15)18/h2-12H,13H2,1H3,(H,25,26)(H,27,28)/b21-19+. The second kappa shape index (κ2) is 7.88. The van der Waals surface area contributed by atoms with Crippen LogP contribution < -0.4 is 0 Å². The Balaban J connectivity index is 2.16. The van der Waals surface area contributed by atoms with Crippen LogP contribution in [-0.4, -0.2) is 27.9 Å². The van der Waals surface area contributed by atoms with Crippen LogP contribution >= 0.6 is 0 Å². The van der Waals surface area contributed by atoms with E-state index in [1.807, 2.05) is 25.1 Å². The third kappa shape index (κ3) is 3.83. The Morgan fingerprint density at radius 2 is 1.43 bits per heavy atom. The maximum absolute atomic E-state index is 12.6. The average molecular weight is 374 g/mol. The topological polar surface area (TPSA) is 91.7 Å². The van der Waals surface area contributed by atoms with Gasteiger partial charge in [0.1, 0.15) is 0 Å². The molecule has 0 spiro atoms. The fourth-order valence-corrected chi connectivity index (χ4v) is 3.12. The lowest BCUT2D eigenvalue weighted by Gasteiger charge is -2.12. The van der Waals surface area contributed by atoms with Crippen molar-refractivity contribution in [3.63, 3.8) is 0 Å². The van der Waals surface area contributed by atoms with Crippen LogP contribution in [-0.2, 0) is 9.59 Å². The molecule has 3 rings (SSSR count). The van der Waals surface area contributed by atoms with Crippen molar-refractivity contribution in [1.29, 1.82) is 0 Å². The third-order valence-electron chi connectivity index (χ3n) is 4.54. The minimum absolute atomic E-state index is 0.278. The summed E-state index contributed by atoms with van der Waals surface area (Å²) >= 11 is 0. The Bertz CT molecular complexity index is 1100. The molecular formula is C23H18O5. The molecule has 5 heteroatoms. The minimum atomic E-state index is -1.43. The first-order valence-electron chi connectivity index (χ1n) is 8.66. The van der Waals surface area contributed by atoms with Crippen molar-refractivity contribution in [3.8, 4) is 0 Å². The van der Waals surface area contributed by atoms with Gasteiger partial charge in [0.2, 0.25) is 0 Å². The van der Waals surface area contributed by atoms with E-state index in [0.29, 0.717) is 10.9 Å². The van der Waals surface area contributed by atoms with Gasteiger partial charge in [-0.05, 0) is 23.3 Å². The second-order valence-corrected chi connectivity index (χ2v) is 6.46. The summed E-state index contributed by atoms with van der Waals surface area (Å²) in [6.45, 7) is 1.87. The molecule has 0 aliphatic rings. The number of carbonyl (C=O) groups excluding carboxylic acids is 1. The van der Waals surface area contributed by atoms with Gasteiger partial charge in [-0.25, -0.2) is 9.59 Å². The second-order valence-electron chi connectivity index (χ2n) is 6.46. The first-order chi connectivity index (χ1) is 13.4. The van der Waals surface area contributed by atoms with Gasteiger partial charge in [-0.15, -0.1) is 0 Å². The lowest BCUT2D eigenvalue weighted by atomic mass is 9.91. The minimum Gasteiger partial charge on any atom is -0.478 e. The van der Waals surface area contributed by atoms with Crippen LogP contribution in [0.1, 0.15) is 27.9 Å². The summed E-state index contributed by atoms with van der Waals surface area (Å²) in [6, 6.07) is 18.9. The van der Waals surface area contributed by atoms with Crippen LogP contribution in [0.15, 0.2) is 72.3 Å². The fourth-order valence-electron chi connectivity index (χ4n) is 3.12. The maximum atomic E-state index is 12.6. The zero-order valence-corrected chi connectivity index (χ0v) is 15.2. The molecule has 28 heavy (non-hydrogen) atoms. The van der Waals surface area contributed by atoms with Gasteiger partial charge < -0.3 is 10.2 Å². The fraction of sp³-hybridized carbons (Fsp3) is 0.0870. The largest absolute Gasteiger partial charge is 0.478 e. The number of hydrogen-bond donors (Lipinski definition) is 2. The molecule has 0 fully saturated rings. The predicted octanol–water partition coefficient (Wildman–Crippen LogP) is 4.34. The van der Waals surface area contributed by atoms with E-state index in [9.17, 15) is 24.6 Å². The zero-order chi connectivity index (χ0) is 20.3. The Morgan fingerprint density at radius 3 is 2.07 bits per heavy atom. The van der Waals surface area contributed by atoms with Gasteiger partial charge in [0, 0.05) is 12.0 Å². The number of aryl methyl sites for hydroxylation is 1. The molecular weight excluding hydrogens is 356 g/mol. The Hall–Kier alpha value is -3.73. The van der Waals surface area contributed by atoms with Crippen molar-refractivity contribution in [2.24, 2.45) is 0 Å². The normalized spacial score (nSPS) is 11.8. The number of rotatable bonds is 6. The molecule has 0 atom stereocenters. The molecule has 0 aliphatic carbocycles. The van der Waals surface area contributed by atoms with E-state index in [-0.39, 0.29) is 11.1 Å². The predicted molar refractivity (Wildman–Crippen MR) is 106 cm³/mol. The van der Waals surface area contributed by atoms with Crippen LogP contribution in [0.25, 0.3) is 16.3 Å². The first-order valence-corrected chi connectivity index (χ1v) is 8.66. The van der Waals surface area contributed by atoms with E-state index >= 15 is 0 Å². The summed E-state index contributed by atoms with van der Waals surface area (Å²) in [7, 11) is 0. The summed E-state index contributed by atoms with van der Waals surface area (Å²) in [5, 5.41) is 20.9.